The zero-order chi connectivity index (χ0) is 18.6. The molecule has 6 nitrogen and oxygen atoms in total. The van der Waals surface area contributed by atoms with Gasteiger partial charge in [0.2, 0.25) is 0 Å². The molecular formula is C20H37IN4O2. The Kier molecular flexibility index (Phi) is 12.8. The summed E-state index contributed by atoms with van der Waals surface area (Å²) >= 11 is 0. The Labute approximate surface area is 181 Å². The van der Waals surface area contributed by atoms with Crippen LogP contribution < -0.4 is 10.6 Å². The fraction of sp³-hybridized carbons (Fsp3) is 0.750. The van der Waals surface area contributed by atoms with E-state index in [9.17, 15) is 0 Å². The number of methoxy groups -OCH3 is 1. The summed E-state index contributed by atoms with van der Waals surface area (Å²) in [6.07, 6.45) is 6.03. The highest BCUT2D eigenvalue weighted by Crippen LogP contribution is 2.10. The van der Waals surface area contributed by atoms with Gasteiger partial charge >= 0.3 is 0 Å². The van der Waals surface area contributed by atoms with E-state index in [-0.39, 0.29) is 24.0 Å². The first-order valence-corrected chi connectivity index (χ1v) is 9.96. The van der Waals surface area contributed by atoms with Crippen molar-refractivity contribution >= 4 is 29.9 Å². The summed E-state index contributed by atoms with van der Waals surface area (Å²) in [6.45, 7) is 10.3. The first-order valence-electron chi connectivity index (χ1n) is 9.96. The third-order valence-corrected chi connectivity index (χ3v) is 4.61. The van der Waals surface area contributed by atoms with Gasteiger partial charge in [-0.3, -0.25) is 4.99 Å². The van der Waals surface area contributed by atoms with Crippen molar-refractivity contribution in [1.82, 2.24) is 15.5 Å². The van der Waals surface area contributed by atoms with Crippen LogP contribution in [0.4, 0.5) is 0 Å². The lowest BCUT2D eigenvalue weighted by Gasteiger charge is -2.33. The van der Waals surface area contributed by atoms with E-state index < -0.39 is 0 Å². The number of aliphatic imine (C=N–C) groups is 1. The van der Waals surface area contributed by atoms with E-state index in [4.69, 9.17) is 14.1 Å². The highest BCUT2D eigenvalue weighted by molar-refractivity contribution is 14.0. The predicted molar refractivity (Wildman–Crippen MR) is 122 cm³/mol. The Bertz CT molecular complexity index is 500. The van der Waals surface area contributed by atoms with Crippen molar-refractivity contribution in [3.05, 3.63) is 24.2 Å². The van der Waals surface area contributed by atoms with Crippen molar-refractivity contribution in [2.75, 3.05) is 46.4 Å². The Morgan fingerprint density at radius 1 is 1.37 bits per heavy atom. The molecule has 1 aromatic rings. The number of hydrogen-bond acceptors (Lipinski definition) is 4. The summed E-state index contributed by atoms with van der Waals surface area (Å²) < 4.78 is 10.5. The van der Waals surface area contributed by atoms with Crippen LogP contribution in [-0.2, 0) is 11.2 Å². The number of rotatable bonds is 10. The second kappa shape index (κ2) is 14.2. The van der Waals surface area contributed by atoms with Gasteiger partial charge in [-0.25, -0.2) is 0 Å². The zero-order valence-electron chi connectivity index (χ0n) is 17.1. The fourth-order valence-corrected chi connectivity index (χ4v) is 3.11. The van der Waals surface area contributed by atoms with Crippen LogP contribution in [-0.4, -0.2) is 63.3 Å². The van der Waals surface area contributed by atoms with Crippen molar-refractivity contribution in [3.63, 3.8) is 0 Å². The van der Waals surface area contributed by atoms with Crippen LogP contribution in [0.15, 0.2) is 27.8 Å². The standard InChI is InChI=1S/C20H36N4O2.HI/c1-17(2)16-22-20(21-10-7-19-6-4-15-26-19)23-18-8-12-24(13-9-18)11-5-14-25-3;/h4,6,15,17-18H,5,7-14,16H2,1-3H3,(H2,21,22,23);1H. The summed E-state index contributed by atoms with van der Waals surface area (Å²) in [7, 11) is 1.77. The molecule has 0 unspecified atom stereocenters. The molecule has 0 aromatic carbocycles. The van der Waals surface area contributed by atoms with E-state index >= 15 is 0 Å². The second-order valence-corrected chi connectivity index (χ2v) is 7.45. The van der Waals surface area contributed by atoms with Crippen LogP contribution >= 0.6 is 24.0 Å². The van der Waals surface area contributed by atoms with Gasteiger partial charge in [-0.15, -0.1) is 24.0 Å². The maximum absolute atomic E-state index is 5.40. The average molecular weight is 492 g/mol. The first-order chi connectivity index (χ1) is 12.7. The maximum Gasteiger partial charge on any atom is 0.191 e. The van der Waals surface area contributed by atoms with Gasteiger partial charge in [0, 0.05) is 58.9 Å². The molecule has 0 aliphatic carbocycles. The summed E-state index contributed by atoms with van der Waals surface area (Å²) in [4.78, 5) is 7.28. The topological polar surface area (TPSA) is 62.0 Å². The van der Waals surface area contributed by atoms with Crippen molar-refractivity contribution < 1.29 is 9.15 Å². The third kappa shape index (κ3) is 10.4. The third-order valence-electron chi connectivity index (χ3n) is 4.61. The smallest absolute Gasteiger partial charge is 0.191 e. The first kappa shape index (κ1) is 24.2. The van der Waals surface area contributed by atoms with E-state index in [1.165, 1.54) is 0 Å². The molecular weight excluding hydrogens is 455 g/mol. The lowest BCUT2D eigenvalue weighted by Crippen LogP contribution is -2.49. The summed E-state index contributed by atoms with van der Waals surface area (Å²) in [5.41, 5.74) is 0. The molecule has 27 heavy (non-hydrogen) atoms. The molecule has 0 radical (unpaired) electrons. The number of furan rings is 1. The van der Waals surface area contributed by atoms with Crippen LogP contribution in [0, 0.1) is 5.92 Å². The average Bonchev–Trinajstić information content (AvgIpc) is 3.14. The molecule has 0 atom stereocenters. The van der Waals surface area contributed by atoms with Crippen molar-refractivity contribution in [2.45, 2.75) is 45.6 Å². The number of guanidine groups is 1. The Morgan fingerprint density at radius 2 is 2.15 bits per heavy atom. The number of piperidine rings is 1. The maximum atomic E-state index is 5.40. The Morgan fingerprint density at radius 3 is 2.78 bits per heavy atom. The molecule has 7 heteroatoms. The fourth-order valence-electron chi connectivity index (χ4n) is 3.11. The van der Waals surface area contributed by atoms with E-state index in [1.54, 1.807) is 13.4 Å². The summed E-state index contributed by atoms with van der Waals surface area (Å²) in [6, 6.07) is 4.44. The second-order valence-electron chi connectivity index (χ2n) is 7.45. The number of halogens is 1. The Balaban J connectivity index is 0.00000364. The molecule has 2 heterocycles. The van der Waals surface area contributed by atoms with Gasteiger partial charge in [0.15, 0.2) is 5.96 Å². The van der Waals surface area contributed by atoms with E-state index in [0.717, 1.165) is 76.7 Å². The summed E-state index contributed by atoms with van der Waals surface area (Å²) in [5.74, 6) is 2.49. The molecule has 1 aliphatic rings. The van der Waals surface area contributed by atoms with Crippen LogP contribution in [0.2, 0.25) is 0 Å². The van der Waals surface area contributed by atoms with E-state index in [0.29, 0.717) is 12.0 Å². The molecule has 0 spiro atoms. The highest BCUT2D eigenvalue weighted by atomic mass is 127. The normalized spacial score (nSPS) is 16.4. The van der Waals surface area contributed by atoms with Crippen molar-refractivity contribution in [1.29, 1.82) is 0 Å². The minimum Gasteiger partial charge on any atom is -0.469 e. The zero-order valence-corrected chi connectivity index (χ0v) is 19.4. The van der Waals surface area contributed by atoms with Crippen LogP contribution in [0.25, 0.3) is 0 Å². The monoisotopic (exact) mass is 492 g/mol. The lowest BCUT2D eigenvalue weighted by atomic mass is 10.1. The molecule has 2 N–H and O–H groups in total. The Hall–Kier alpha value is -0.800. The molecule has 1 aromatic heterocycles. The summed E-state index contributed by atoms with van der Waals surface area (Å²) in [5, 5.41) is 7.10. The molecule has 1 saturated heterocycles. The van der Waals surface area contributed by atoms with Crippen LogP contribution in [0.3, 0.4) is 0 Å². The van der Waals surface area contributed by atoms with Gasteiger partial charge in [0.05, 0.1) is 6.26 Å². The van der Waals surface area contributed by atoms with E-state index in [2.05, 4.69) is 29.4 Å². The highest BCUT2D eigenvalue weighted by Gasteiger charge is 2.19. The molecule has 1 fully saturated rings. The predicted octanol–water partition coefficient (Wildman–Crippen LogP) is 3.13. The van der Waals surface area contributed by atoms with Gasteiger partial charge in [0.1, 0.15) is 5.76 Å². The molecule has 156 valence electrons. The van der Waals surface area contributed by atoms with Gasteiger partial charge < -0.3 is 24.7 Å². The SMILES string of the molecule is COCCCN1CCC(NC(=NCC(C)C)NCCc2ccco2)CC1.I. The van der Waals surface area contributed by atoms with E-state index in [1.807, 2.05) is 12.1 Å². The molecule has 2 rings (SSSR count). The van der Waals surface area contributed by atoms with Crippen LogP contribution in [0.1, 0.15) is 38.9 Å². The van der Waals surface area contributed by atoms with Crippen molar-refractivity contribution in [3.8, 4) is 0 Å². The largest absolute Gasteiger partial charge is 0.469 e. The molecule has 0 bridgehead atoms. The van der Waals surface area contributed by atoms with Gasteiger partial charge in [0.25, 0.3) is 0 Å². The number of nitrogens with zero attached hydrogens (tertiary/aromatic N) is 2. The van der Waals surface area contributed by atoms with Crippen LogP contribution in [0.5, 0.6) is 0 Å². The number of nitrogens with one attached hydrogen (secondary N) is 2. The lowest BCUT2D eigenvalue weighted by molar-refractivity contribution is 0.155. The molecule has 1 aliphatic heterocycles. The minimum absolute atomic E-state index is 0. The number of ether oxygens (including phenoxy) is 1. The van der Waals surface area contributed by atoms with Gasteiger partial charge in [-0.1, -0.05) is 13.8 Å². The van der Waals surface area contributed by atoms with Crippen molar-refractivity contribution in [2.24, 2.45) is 10.9 Å². The molecule has 0 amide bonds. The van der Waals surface area contributed by atoms with Gasteiger partial charge in [-0.2, -0.15) is 0 Å². The minimum atomic E-state index is 0. The van der Waals surface area contributed by atoms with Gasteiger partial charge in [-0.05, 0) is 37.3 Å². The number of hydrogen-bond donors (Lipinski definition) is 2. The quantitative estimate of drug-likeness (QED) is 0.228. The number of likely N-dealkylation sites (tertiary alicyclic amines) is 1. The molecule has 0 saturated carbocycles.